The summed E-state index contributed by atoms with van der Waals surface area (Å²) in [6.45, 7) is 5.76. The molecule has 428 valence electrons. The molecule has 75 heavy (non-hydrogen) atoms. The predicted molar refractivity (Wildman–Crippen MR) is 303 cm³/mol. The van der Waals surface area contributed by atoms with Gasteiger partial charge in [0.25, 0.3) is 0 Å². The van der Waals surface area contributed by atoms with E-state index in [2.05, 4.69) is 93.7 Å². The summed E-state index contributed by atoms with van der Waals surface area (Å²) in [7, 11) is 0. The first-order valence-corrected chi connectivity index (χ1v) is 29.6. The minimum Gasteiger partial charge on any atom is -0.479 e. The van der Waals surface area contributed by atoms with Crippen LogP contribution in [0.25, 0.3) is 0 Å². The maximum atomic E-state index is 13.1. The molecule has 1 aliphatic heterocycles. The van der Waals surface area contributed by atoms with Crippen molar-refractivity contribution < 1.29 is 58.2 Å². The molecular formula is C63H104O12. The molecule has 12 heteroatoms. The van der Waals surface area contributed by atoms with Crippen molar-refractivity contribution in [1.29, 1.82) is 0 Å². The number of esters is 3. The largest absolute Gasteiger partial charge is 0.479 e. The molecule has 12 nitrogen and oxygen atoms in total. The zero-order valence-electron chi connectivity index (χ0n) is 47.0. The maximum absolute atomic E-state index is 13.1. The van der Waals surface area contributed by atoms with E-state index in [9.17, 15) is 34.5 Å². The van der Waals surface area contributed by atoms with Gasteiger partial charge in [-0.2, -0.15) is 0 Å². The van der Waals surface area contributed by atoms with Crippen molar-refractivity contribution in [1.82, 2.24) is 0 Å². The lowest BCUT2D eigenvalue weighted by Crippen LogP contribution is -2.61. The molecule has 0 bridgehead atoms. The zero-order chi connectivity index (χ0) is 54.7. The fraction of sp³-hybridized carbons (Fsp3) is 0.714. The van der Waals surface area contributed by atoms with Crippen LogP contribution in [0.1, 0.15) is 239 Å². The van der Waals surface area contributed by atoms with Gasteiger partial charge in [0.2, 0.25) is 0 Å². The second kappa shape index (κ2) is 50.7. The van der Waals surface area contributed by atoms with Gasteiger partial charge in [-0.25, -0.2) is 4.79 Å². The lowest BCUT2D eigenvalue weighted by molar-refractivity contribution is -0.301. The van der Waals surface area contributed by atoms with E-state index in [0.717, 1.165) is 89.9 Å². The molecule has 1 saturated heterocycles. The Hall–Kier alpha value is -4.10. The molecule has 0 aromatic carbocycles. The van der Waals surface area contributed by atoms with Gasteiger partial charge in [0.1, 0.15) is 18.8 Å². The highest BCUT2D eigenvalue weighted by atomic mass is 16.7. The molecule has 0 spiro atoms. The number of carbonyl (C=O) groups excluding carboxylic acids is 3. The second-order valence-corrected chi connectivity index (χ2v) is 19.9. The number of aliphatic carboxylic acids is 1. The van der Waals surface area contributed by atoms with E-state index >= 15 is 0 Å². The minimum absolute atomic E-state index is 0.0375. The quantitative estimate of drug-likeness (QED) is 0.0228. The highest BCUT2D eigenvalue weighted by Gasteiger charge is 2.50. The fourth-order valence-corrected chi connectivity index (χ4v) is 8.41. The number of allylic oxidation sites excluding steroid dienone is 14. The number of carbonyl (C=O) groups is 4. The maximum Gasteiger partial charge on any atom is 0.335 e. The third-order valence-electron chi connectivity index (χ3n) is 12.9. The minimum atomic E-state index is -1.92. The van der Waals surface area contributed by atoms with Crippen LogP contribution in [0.4, 0.5) is 0 Å². The second-order valence-electron chi connectivity index (χ2n) is 19.9. The van der Waals surface area contributed by atoms with E-state index in [1.807, 2.05) is 12.2 Å². The summed E-state index contributed by atoms with van der Waals surface area (Å²) in [4.78, 5) is 51.0. The van der Waals surface area contributed by atoms with Gasteiger partial charge in [0.05, 0.1) is 6.61 Å². The first-order chi connectivity index (χ1) is 36.6. The van der Waals surface area contributed by atoms with Gasteiger partial charge in [-0.3, -0.25) is 14.4 Å². The van der Waals surface area contributed by atoms with Crippen molar-refractivity contribution in [2.45, 2.75) is 276 Å². The van der Waals surface area contributed by atoms with Crippen LogP contribution in [-0.2, 0) is 42.9 Å². The van der Waals surface area contributed by atoms with Crippen LogP contribution < -0.4 is 0 Å². The molecule has 6 unspecified atom stereocenters. The van der Waals surface area contributed by atoms with E-state index < -0.39 is 67.3 Å². The van der Waals surface area contributed by atoms with E-state index in [1.54, 1.807) is 0 Å². The number of carboxylic acids is 1. The monoisotopic (exact) mass is 1050 g/mol. The number of hydrogen-bond donors (Lipinski definition) is 3. The zero-order valence-corrected chi connectivity index (χ0v) is 47.0. The normalized spacial score (nSPS) is 18.8. The smallest absolute Gasteiger partial charge is 0.335 e. The summed E-state index contributed by atoms with van der Waals surface area (Å²) < 4.78 is 28.3. The van der Waals surface area contributed by atoms with Gasteiger partial charge in [-0.05, 0) is 103 Å². The topological polar surface area (TPSA) is 175 Å². The lowest BCUT2D eigenvalue weighted by Gasteiger charge is -2.40. The molecule has 1 aliphatic rings. The van der Waals surface area contributed by atoms with E-state index in [4.69, 9.17) is 23.7 Å². The molecule has 1 fully saturated rings. The van der Waals surface area contributed by atoms with Crippen LogP contribution in [0, 0.1) is 0 Å². The van der Waals surface area contributed by atoms with Crippen LogP contribution in [0.2, 0.25) is 0 Å². The molecule has 0 saturated carbocycles. The van der Waals surface area contributed by atoms with Crippen LogP contribution >= 0.6 is 0 Å². The van der Waals surface area contributed by atoms with Gasteiger partial charge in [0, 0.05) is 19.3 Å². The van der Waals surface area contributed by atoms with Crippen molar-refractivity contribution in [2.75, 3.05) is 13.2 Å². The Balaban J connectivity index is 2.71. The number of aliphatic hydroxyl groups is 2. The van der Waals surface area contributed by atoms with E-state index in [1.165, 1.54) is 83.5 Å². The number of hydrogen-bond acceptors (Lipinski definition) is 11. The Bertz CT molecular complexity index is 1630. The summed E-state index contributed by atoms with van der Waals surface area (Å²) in [6.07, 6.45) is 52.9. The van der Waals surface area contributed by atoms with Crippen molar-refractivity contribution in [3.63, 3.8) is 0 Å². The Morgan fingerprint density at radius 1 is 0.453 bits per heavy atom. The fourth-order valence-electron chi connectivity index (χ4n) is 8.41. The highest BCUT2D eigenvalue weighted by molar-refractivity contribution is 5.74. The molecule has 0 aromatic rings. The molecule has 0 aromatic heterocycles. The average molecular weight is 1050 g/mol. The van der Waals surface area contributed by atoms with E-state index in [-0.39, 0.29) is 25.9 Å². The van der Waals surface area contributed by atoms with Gasteiger partial charge in [-0.1, -0.05) is 202 Å². The summed E-state index contributed by atoms with van der Waals surface area (Å²) in [5, 5.41) is 31.4. The van der Waals surface area contributed by atoms with Crippen molar-refractivity contribution in [2.24, 2.45) is 0 Å². The molecule has 1 rings (SSSR count). The van der Waals surface area contributed by atoms with Crippen LogP contribution in [0.3, 0.4) is 0 Å². The Morgan fingerprint density at radius 3 is 1.37 bits per heavy atom. The van der Waals surface area contributed by atoms with Gasteiger partial charge in [0.15, 0.2) is 24.6 Å². The Kier molecular flexibility index (Phi) is 46.6. The third-order valence-corrected chi connectivity index (χ3v) is 12.9. The summed E-state index contributed by atoms with van der Waals surface area (Å²) in [5.74, 6) is -3.25. The number of ether oxygens (including phenoxy) is 5. The summed E-state index contributed by atoms with van der Waals surface area (Å²) in [5.41, 5.74) is 0. The van der Waals surface area contributed by atoms with Gasteiger partial charge >= 0.3 is 23.9 Å². The van der Waals surface area contributed by atoms with Gasteiger partial charge < -0.3 is 39.0 Å². The van der Waals surface area contributed by atoms with Gasteiger partial charge in [-0.15, -0.1) is 0 Å². The molecule has 0 radical (unpaired) electrons. The molecule has 0 amide bonds. The molecular weight excluding hydrogens is 949 g/mol. The number of carboxylic acid groups (broad SMARTS) is 1. The van der Waals surface area contributed by atoms with Crippen molar-refractivity contribution in [3.05, 3.63) is 85.1 Å². The van der Waals surface area contributed by atoms with Crippen LogP contribution in [0.15, 0.2) is 85.1 Å². The van der Waals surface area contributed by atoms with Crippen molar-refractivity contribution in [3.8, 4) is 0 Å². The third kappa shape index (κ3) is 40.8. The SMILES string of the molecule is CC/C=C\C/C=C\C/C=C\C/C=C\CCC(=O)OC(COC(=O)CCCCCCCCCCC/C=C\C/C=C\CCCCC)COC1OC(C(=O)O)C(O)C(O)C1OC(=O)CCCCCCC/C=C\CCCCCC. The first-order valence-electron chi connectivity index (χ1n) is 29.6. The van der Waals surface area contributed by atoms with E-state index in [0.29, 0.717) is 25.7 Å². The molecule has 1 heterocycles. The molecule has 3 N–H and O–H groups in total. The van der Waals surface area contributed by atoms with Crippen LogP contribution in [-0.4, -0.2) is 89.2 Å². The summed E-state index contributed by atoms with van der Waals surface area (Å²) in [6, 6.07) is 0. The van der Waals surface area contributed by atoms with Crippen molar-refractivity contribution >= 4 is 23.9 Å². The summed E-state index contributed by atoms with van der Waals surface area (Å²) >= 11 is 0. The molecule has 6 atom stereocenters. The Labute approximate surface area is 454 Å². The lowest BCUT2D eigenvalue weighted by atomic mass is 9.98. The predicted octanol–water partition coefficient (Wildman–Crippen LogP) is 15.1. The average Bonchev–Trinajstić information content (AvgIpc) is 3.39. The standard InChI is InChI=1S/C63H104O12/c1-4-7-10-13-16-19-22-25-26-27-28-29-30-33-34-37-40-43-46-49-55(64)71-52-54(73-56(65)50-47-44-41-38-35-31-23-20-17-14-11-8-5-2)53-72-63-61(59(68)58(67)60(75-63)62(69)70)74-57(66)51-48-45-42-39-36-32-24-21-18-15-12-9-6-3/h8,11,16-17,19-21,24-26,31,35,41,44,54,58-61,63,67-68H,4-7,9-10,12-15,18,22-23,27-30,32-34,36-40,42-43,45-53H2,1-3H3,(H,69,70)/b11-8-,19-16-,20-17-,24-21-,26-25-,35-31-,44-41-. The highest BCUT2D eigenvalue weighted by Crippen LogP contribution is 2.26. The number of rotatable bonds is 49. The first kappa shape index (κ1) is 68.9. The number of unbranched alkanes of at least 4 members (excludes halogenated alkanes) is 21. The van der Waals surface area contributed by atoms with Crippen LogP contribution in [0.5, 0.6) is 0 Å². The molecule has 0 aliphatic carbocycles. The Morgan fingerprint density at radius 2 is 0.867 bits per heavy atom. The number of aliphatic hydroxyl groups excluding tert-OH is 2.